The first-order valence-electron chi connectivity index (χ1n) is 9.37. The second-order valence-electron chi connectivity index (χ2n) is 7.99. The summed E-state index contributed by atoms with van der Waals surface area (Å²) < 4.78 is 68.1. The number of fused-ring (bicyclic) bond motifs is 3. The zero-order chi connectivity index (χ0) is 21.9. The topological polar surface area (TPSA) is 60.9 Å². The van der Waals surface area contributed by atoms with E-state index in [0.29, 0.717) is 41.3 Å². The van der Waals surface area contributed by atoms with Gasteiger partial charge in [-0.25, -0.2) is 8.42 Å². The molecule has 2 atom stereocenters. The van der Waals surface area contributed by atoms with E-state index in [-0.39, 0.29) is 12.6 Å². The second-order valence-corrected chi connectivity index (χ2v) is 10.8. The van der Waals surface area contributed by atoms with Crippen LogP contribution in [0.4, 0.5) is 24.5 Å². The zero-order valence-corrected chi connectivity index (χ0v) is 18.4. The molecule has 30 heavy (non-hydrogen) atoms. The van der Waals surface area contributed by atoms with Gasteiger partial charge in [0.25, 0.3) is 10.0 Å². The predicted molar refractivity (Wildman–Crippen MR) is 111 cm³/mol. The molecule has 2 aliphatic heterocycles. The third kappa shape index (κ3) is 3.80. The molecule has 162 valence electrons. The molecule has 1 saturated heterocycles. The van der Waals surface area contributed by atoms with Crippen molar-refractivity contribution >= 4 is 37.3 Å². The van der Waals surface area contributed by atoms with Crippen LogP contribution in [0.5, 0.6) is 0 Å². The smallest absolute Gasteiger partial charge is 0.390 e. The molecular formula is C20H20BrF3N2O3S. The standard InChI is InChI=1S/C20H20BrF3N2O3S/c1-19(27)7-8-25-15(11-19)12-26(18-10-14(21)5-6-17(18)25)30(28,29)16-4-2-3-13(9-16)20(22,23)24/h2-6,9-10,15,27H,7-8,11-12H2,1H3/t15-,19+/m0/s1. The molecule has 1 fully saturated rings. The molecule has 2 heterocycles. The summed E-state index contributed by atoms with van der Waals surface area (Å²) in [5, 5.41) is 10.5. The fourth-order valence-corrected chi connectivity index (χ4v) is 6.06. The number of hydrogen-bond donors (Lipinski definition) is 1. The number of rotatable bonds is 2. The van der Waals surface area contributed by atoms with Gasteiger partial charge >= 0.3 is 6.18 Å². The van der Waals surface area contributed by atoms with Crippen LogP contribution in [0.15, 0.2) is 51.8 Å². The Balaban J connectivity index is 1.82. The normalized spacial score (nSPS) is 24.4. The molecule has 2 aromatic carbocycles. The van der Waals surface area contributed by atoms with Crippen LogP contribution in [0.2, 0.25) is 0 Å². The molecule has 0 bridgehead atoms. The number of piperidine rings is 1. The van der Waals surface area contributed by atoms with E-state index in [1.807, 2.05) is 0 Å². The maximum atomic E-state index is 13.4. The van der Waals surface area contributed by atoms with E-state index < -0.39 is 32.3 Å². The summed E-state index contributed by atoms with van der Waals surface area (Å²) in [6, 6.07) is 8.73. The van der Waals surface area contributed by atoms with Crippen molar-refractivity contribution in [3.8, 4) is 0 Å². The van der Waals surface area contributed by atoms with E-state index in [0.717, 1.165) is 16.4 Å². The summed E-state index contributed by atoms with van der Waals surface area (Å²) >= 11 is 3.36. The minimum Gasteiger partial charge on any atom is -0.390 e. The van der Waals surface area contributed by atoms with Gasteiger partial charge in [0, 0.05) is 11.0 Å². The van der Waals surface area contributed by atoms with Crippen molar-refractivity contribution in [3.05, 3.63) is 52.5 Å². The lowest BCUT2D eigenvalue weighted by Crippen LogP contribution is -2.57. The summed E-state index contributed by atoms with van der Waals surface area (Å²) in [5.74, 6) is 0. The third-order valence-corrected chi connectivity index (χ3v) is 7.92. The monoisotopic (exact) mass is 504 g/mol. The number of anilines is 2. The molecule has 0 spiro atoms. The number of halogens is 4. The molecule has 10 heteroatoms. The molecule has 1 N–H and O–H groups in total. The van der Waals surface area contributed by atoms with Crippen molar-refractivity contribution in [2.24, 2.45) is 0 Å². The molecule has 0 radical (unpaired) electrons. The maximum Gasteiger partial charge on any atom is 0.416 e. The SMILES string of the molecule is C[C@@]1(O)CCN2c3ccc(Br)cc3N(S(=O)(=O)c3cccc(C(F)(F)F)c3)C[C@@H]2C1. The fraction of sp³-hybridized carbons (Fsp3) is 0.400. The van der Waals surface area contributed by atoms with Crippen molar-refractivity contribution in [2.45, 2.75) is 42.5 Å². The molecule has 0 aromatic heterocycles. The minimum absolute atomic E-state index is 0.0399. The fourth-order valence-electron chi connectivity index (χ4n) is 4.16. The average molecular weight is 505 g/mol. The van der Waals surface area contributed by atoms with Gasteiger partial charge in [-0.3, -0.25) is 4.31 Å². The Bertz CT molecular complexity index is 1090. The number of alkyl halides is 3. The largest absolute Gasteiger partial charge is 0.416 e. The van der Waals surface area contributed by atoms with Gasteiger partial charge in [-0.05, 0) is 56.2 Å². The van der Waals surface area contributed by atoms with E-state index >= 15 is 0 Å². The van der Waals surface area contributed by atoms with Gasteiger partial charge in [0.15, 0.2) is 0 Å². The van der Waals surface area contributed by atoms with E-state index in [4.69, 9.17) is 0 Å². The van der Waals surface area contributed by atoms with Gasteiger partial charge in [-0.15, -0.1) is 0 Å². The Morgan fingerprint density at radius 2 is 1.90 bits per heavy atom. The van der Waals surface area contributed by atoms with Crippen LogP contribution in [0, 0.1) is 0 Å². The predicted octanol–water partition coefficient (Wildman–Crippen LogP) is 4.40. The summed E-state index contributed by atoms with van der Waals surface area (Å²) in [4.78, 5) is 1.65. The van der Waals surface area contributed by atoms with Crippen LogP contribution in [0.25, 0.3) is 0 Å². The molecule has 0 amide bonds. The molecule has 0 unspecified atom stereocenters. The Kier molecular flexibility index (Phi) is 5.10. The lowest BCUT2D eigenvalue weighted by Gasteiger charge is -2.49. The Morgan fingerprint density at radius 1 is 1.17 bits per heavy atom. The van der Waals surface area contributed by atoms with Crippen LogP contribution >= 0.6 is 15.9 Å². The average Bonchev–Trinajstić information content (AvgIpc) is 2.65. The zero-order valence-electron chi connectivity index (χ0n) is 16.0. The van der Waals surface area contributed by atoms with E-state index in [1.54, 1.807) is 25.1 Å². The Labute approximate surface area is 181 Å². The van der Waals surface area contributed by atoms with Crippen molar-refractivity contribution in [2.75, 3.05) is 22.3 Å². The molecule has 2 aliphatic rings. The van der Waals surface area contributed by atoms with Gasteiger partial charge in [0.1, 0.15) is 0 Å². The molecule has 0 aliphatic carbocycles. The van der Waals surface area contributed by atoms with E-state index in [1.165, 1.54) is 6.07 Å². The maximum absolute atomic E-state index is 13.4. The Morgan fingerprint density at radius 3 is 2.60 bits per heavy atom. The first kappa shape index (κ1) is 21.5. The van der Waals surface area contributed by atoms with Crippen LogP contribution in [-0.4, -0.2) is 38.3 Å². The van der Waals surface area contributed by atoms with E-state index in [9.17, 15) is 26.7 Å². The number of benzene rings is 2. The number of hydrogen-bond acceptors (Lipinski definition) is 4. The van der Waals surface area contributed by atoms with Crippen molar-refractivity contribution < 1.29 is 26.7 Å². The second kappa shape index (κ2) is 7.13. The number of sulfonamides is 1. The molecule has 4 rings (SSSR count). The highest BCUT2D eigenvalue weighted by atomic mass is 79.9. The van der Waals surface area contributed by atoms with Crippen molar-refractivity contribution in [3.63, 3.8) is 0 Å². The Hall–Kier alpha value is -1.78. The van der Waals surface area contributed by atoms with Crippen LogP contribution in [0.1, 0.15) is 25.3 Å². The first-order chi connectivity index (χ1) is 13.9. The number of aliphatic hydroxyl groups is 1. The third-order valence-electron chi connectivity index (χ3n) is 5.65. The van der Waals surface area contributed by atoms with Crippen LogP contribution in [0.3, 0.4) is 0 Å². The first-order valence-corrected chi connectivity index (χ1v) is 11.6. The highest BCUT2D eigenvalue weighted by Crippen LogP contribution is 2.44. The van der Waals surface area contributed by atoms with Gasteiger partial charge in [0.05, 0.1) is 40.0 Å². The molecule has 0 saturated carbocycles. The van der Waals surface area contributed by atoms with Crippen LogP contribution in [-0.2, 0) is 16.2 Å². The summed E-state index contributed by atoms with van der Waals surface area (Å²) in [6.07, 6.45) is -3.75. The van der Waals surface area contributed by atoms with E-state index in [2.05, 4.69) is 20.8 Å². The highest BCUT2D eigenvalue weighted by molar-refractivity contribution is 9.10. The summed E-state index contributed by atoms with van der Waals surface area (Å²) in [7, 11) is -4.26. The summed E-state index contributed by atoms with van der Waals surface area (Å²) in [6.45, 7) is 2.31. The molecule has 5 nitrogen and oxygen atoms in total. The minimum atomic E-state index is -4.65. The number of nitrogens with zero attached hydrogens (tertiary/aromatic N) is 2. The lowest BCUT2D eigenvalue weighted by atomic mass is 9.86. The highest BCUT2D eigenvalue weighted by Gasteiger charge is 2.43. The molecule has 2 aromatic rings. The lowest BCUT2D eigenvalue weighted by molar-refractivity contribution is -0.137. The van der Waals surface area contributed by atoms with Crippen molar-refractivity contribution in [1.29, 1.82) is 0 Å². The van der Waals surface area contributed by atoms with Crippen molar-refractivity contribution in [1.82, 2.24) is 0 Å². The summed E-state index contributed by atoms with van der Waals surface area (Å²) in [5.41, 5.74) is -0.864. The van der Waals surface area contributed by atoms with Gasteiger partial charge in [0.2, 0.25) is 0 Å². The van der Waals surface area contributed by atoms with Gasteiger partial charge in [-0.1, -0.05) is 22.0 Å². The van der Waals surface area contributed by atoms with Crippen LogP contribution < -0.4 is 9.21 Å². The molecular weight excluding hydrogens is 485 g/mol. The quantitative estimate of drug-likeness (QED) is 0.658. The van der Waals surface area contributed by atoms with Gasteiger partial charge < -0.3 is 10.0 Å². The van der Waals surface area contributed by atoms with Gasteiger partial charge in [-0.2, -0.15) is 13.2 Å².